The fraction of sp³-hybridized carbons (Fsp3) is 0.588. The van der Waals surface area contributed by atoms with Crippen LogP contribution in [0.1, 0.15) is 50.6 Å². The van der Waals surface area contributed by atoms with Gasteiger partial charge in [-0.05, 0) is 38.9 Å². The summed E-state index contributed by atoms with van der Waals surface area (Å²) in [5, 5.41) is 0. The van der Waals surface area contributed by atoms with Crippen molar-refractivity contribution in [3.63, 3.8) is 0 Å². The third kappa shape index (κ3) is 4.53. The zero-order chi connectivity index (χ0) is 15.1. The minimum absolute atomic E-state index is 0.217. The number of ether oxygens (including phenoxy) is 1. The molecule has 1 aromatic rings. The summed E-state index contributed by atoms with van der Waals surface area (Å²) in [6.45, 7) is 3.99. The lowest BCUT2D eigenvalue weighted by Gasteiger charge is -2.30. The van der Waals surface area contributed by atoms with Gasteiger partial charge in [-0.3, -0.25) is 9.69 Å². The summed E-state index contributed by atoms with van der Waals surface area (Å²) >= 11 is 0. The third-order valence-corrected chi connectivity index (χ3v) is 4.01. The van der Waals surface area contributed by atoms with Gasteiger partial charge in [-0.1, -0.05) is 31.0 Å². The highest BCUT2D eigenvalue weighted by Gasteiger charge is 2.26. The summed E-state index contributed by atoms with van der Waals surface area (Å²) in [5.41, 5.74) is 0.604. The Kier molecular flexibility index (Phi) is 6.18. The maximum atomic E-state index is 14.2. The molecule has 1 unspecified atom stereocenters. The highest BCUT2D eigenvalue weighted by atomic mass is 19.1. The Bertz CT molecular complexity index is 456. The van der Waals surface area contributed by atoms with Crippen molar-refractivity contribution in [3.8, 4) is 0 Å². The molecule has 1 aliphatic heterocycles. The molecule has 0 saturated carbocycles. The Balaban J connectivity index is 2.20. The quantitative estimate of drug-likeness (QED) is 0.775. The van der Waals surface area contributed by atoms with Gasteiger partial charge in [-0.15, -0.1) is 0 Å². The van der Waals surface area contributed by atoms with Crippen LogP contribution in [0.5, 0.6) is 0 Å². The number of rotatable bonds is 5. The van der Waals surface area contributed by atoms with Crippen LogP contribution >= 0.6 is 0 Å². The lowest BCUT2D eigenvalue weighted by atomic mass is 10.0. The van der Waals surface area contributed by atoms with Gasteiger partial charge >= 0.3 is 5.97 Å². The van der Waals surface area contributed by atoms with Gasteiger partial charge in [0.05, 0.1) is 13.0 Å². The van der Waals surface area contributed by atoms with Crippen LogP contribution in [0.25, 0.3) is 0 Å². The van der Waals surface area contributed by atoms with E-state index in [1.165, 1.54) is 18.9 Å². The van der Waals surface area contributed by atoms with Crippen LogP contribution in [0, 0.1) is 5.82 Å². The lowest BCUT2D eigenvalue weighted by molar-refractivity contribution is -0.144. The van der Waals surface area contributed by atoms with Crippen LogP contribution in [0.2, 0.25) is 0 Å². The van der Waals surface area contributed by atoms with Crippen molar-refractivity contribution in [2.24, 2.45) is 0 Å². The maximum absolute atomic E-state index is 14.2. The third-order valence-electron chi connectivity index (χ3n) is 4.01. The number of halogens is 1. The molecule has 21 heavy (non-hydrogen) atoms. The summed E-state index contributed by atoms with van der Waals surface area (Å²) in [4.78, 5) is 14.1. The average molecular weight is 293 g/mol. The molecule has 0 N–H and O–H groups in total. The topological polar surface area (TPSA) is 29.5 Å². The van der Waals surface area contributed by atoms with E-state index in [0.717, 1.165) is 25.9 Å². The number of carbonyl (C=O) groups excluding carboxylic acids is 1. The van der Waals surface area contributed by atoms with E-state index in [2.05, 4.69) is 4.90 Å². The van der Waals surface area contributed by atoms with Gasteiger partial charge in [0.1, 0.15) is 5.82 Å². The second-order valence-electron chi connectivity index (χ2n) is 5.50. The van der Waals surface area contributed by atoms with Gasteiger partial charge < -0.3 is 4.74 Å². The van der Waals surface area contributed by atoms with E-state index in [0.29, 0.717) is 12.2 Å². The Hall–Kier alpha value is -1.42. The molecule has 0 bridgehead atoms. The second-order valence-corrected chi connectivity index (χ2v) is 5.50. The molecular weight excluding hydrogens is 269 g/mol. The molecule has 0 spiro atoms. The van der Waals surface area contributed by atoms with Crippen LogP contribution in [-0.4, -0.2) is 30.6 Å². The van der Waals surface area contributed by atoms with Crippen LogP contribution in [-0.2, 0) is 9.53 Å². The van der Waals surface area contributed by atoms with Crippen LogP contribution in [0.4, 0.5) is 4.39 Å². The highest BCUT2D eigenvalue weighted by Crippen LogP contribution is 2.29. The van der Waals surface area contributed by atoms with Gasteiger partial charge in [-0.2, -0.15) is 0 Å². The Morgan fingerprint density at radius 3 is 2.52 bits per heavy atom. The number of benzene rings is 1. The molecular formula is C17H24FNO2. The number of carbonyl (C=O) groups is 1. The van der Waals surface area contributed by atoms with Crippen molar-refractivity contribution in [2.45, 2.75) is 45.1 Å². The molecule has 1 heterocycles. The highest BCUT2D eigenvalue weighted by molar-refractivity contribution is 5.70. The molecule has 1 saturated heterocycles. The van der Waals surface area contributed by atoms with E-state index in [9.17, 15) is 9.18 Å². The monoisotopic (exact) mass is 293 g/mol. The molecule has 3 nitrogen and oxygen atoms in total. The molecule has 4 heteroatoms. The van der Waals surface area contributed by atoms with Crippen molar-refractivity contribution < 1.29 is 13.9 Å². The second kappa shape index (κ2) is 8.13. The van der Waals surface area contributed by atoms with Crippen molar-refractivity contribution in [3.05, 3.63) is 35.6 Å². The first-order valence-electron chi connectivity index (χ1n) is 7.86. The van der Waals surface area contributed by atoms with Crippen molar-refractivity contribution in [2.75, 3.05) is 19.7 Å². The first-order valence-corrected chi connectivity index (χ1v) is 7.86. The Labute approximate surface area is 126 Å². The molecule has 0 amide bonds. The van der Waals surface area contributed by atoms with Crippen LogP contribution in [0.3, 0.4) is 0 Å². The van der Waals surface area contributed by atoms with Gasteiger partial charge in [0.15, 0.2) is 0 Å². The molecule has 0 aliphatic carbocycles. The predicted octanol–water partition coefficient (Wildman–Crippen LogP) is 3.70. The minimum Gasteiger partial charge on any atom is -0.466 e. The predicted molar refractivity (Wildman–Crippen MR) is 80.4 cm³/mol. The molecule has 2 rings (SSSR count). The van der Waals surface area contributed by atoms with Gasteiger partial charge in [-0.25, -0.2) is 4.39 Å². The van der Waals surface area contributed by atoms with Crippen LogP contribution < -0.4 is 0 Å². The SMILES string of the molecule is CCOC(=O)CC(c1ccccc1F)N1CCCCCC1. The van der Waals surface area contributed by atoms with Crippen LogP contribution in [0.15, 0.2) is 24.3 Å². The van der Waals surface area contributed by atoms with E-state index in [4.69, 9.17) is 4.74 Å². The first kappa shape index (κ1) is 16.0. The van der Waals surface area contributed by atoms with Gasteiger partial charge in [0.25, 0.3) is 0 Å². The van der Waals surface area contributed by atoms with Crippen molar-refractivity contribution in [1.29, 1.82) is 0 Å². The smallest absolute Gasteiger partial charge is 0.307 e. The fourth-order valence-electron chi connectivity index (χ4n) is 2.97. The normalized spacial score (nSPS) is 18.0. The first-order chi connectivity index (χ1) is 10.2. The molecule has 0 radical (unpaired) electrons. The van der Waals surface area contributed by atoms with E-state index < -0.39 is 0 Å². The average Bonchev–Trinajstić information content (AvgIpc) is 2.75. The zero-order valence-electron chi connectivity index (χ0n) is 12.7. The number of esters is 1. The molecule has 116 valence electrons. The maximum Gasteiger partial charge on any atom is 0.307 e. The number of hydrogen-bond acceptors (Lipinski definition) is 3. The van der Waals surface area contributed by atoms with Gasteiger partial charge in [0, 0.05) is 11.6 Å². The molecule has 1 atom stereocenters. The number of likely N-dealkylation sites (tertiary alicyclic amines) is 1. The minimum atomic E-state index is -0.255. The lowest BCUT2D eigenvalue weighted by Crippen LogP contribution is -2.32. The standard InChI is InChI=1S/C17H24FNO2/c1-2-21-17(20)13-16(14-9-5-6-10-15(14)18)19-11-7-3-4-8-12-19/h5-6,9-10,16H,2-4,7-8,11-13H2,1H3. The Morgan fingerprint density at radius 1 is 1.24 bits per heavy atom. The largest absolute Gasteiger partial charge is 0.466 e. The molecule has 0 aromatic heterocycles. The summed E-state index contributed by atoms with van der Waals surface area (Å²) in [6.07, 6.45) is 4.84. The summed E-state index contributed by atoms with van der Waals surface area (Å²) < 4.78 is 19.2. The van der Waals surface area contributed by atoms with E-state index >= 15 is 0 Å². The van der Waals surface area contributed by atoms with Crippen molar-refractivity contribution >= 4 is 5.97 Å². The zero-order valence-corrected chi connectivity index (χ0v) is 12.7. The molecule has 1 aliphatic rings. The number of nitrogens with zero attached hydrogens (tertiary/aromatic N) is 1. The molecule has 1 aromatic carbocycles. The fourth-order valence-corrected chi connectivity index (χ4v) is 2.97. The van der Waals surface area contributed by atoms with E-state index in [1.54, 1.807) is 19.1 Å². The number of hydrogen-bond donors (Lipinski definition) is 0. The Morgan fingerprint density at radius 2 is 1.90 bits per heavy atom. The molecule has 1 fully saturated rings. The van der Waals surface area contributed by atoms with Gasteiger partial charge in [0.2, 0.25) is 0 Å². The summed E-state index contributed by atoms with van der Waals surface area (Å²) in [5.74, 6) is -0.494. The van der Waals surface area contributed by atoms with E-state index in [1.807, 2.05) is 6.07 Å². The van der Waals surface area contributed by atoms with Crippen molar-refractivity contribution in [1.82, 2.24) is 4.90 Å². The summed E-state index contributed by atoms with van der Waals surface area (Å²) in [7, 11) is 0. The summed E-state index contributed by atoms with van der Waals surface area (Å²) in [6, 6.07) is 6.54. The van der Waals surface area contributed by atoms with E-state index in [-0.39, 0.29) is 24.2 Å².